The Hall–Kier alpha value is -1.92. The minimum atomic E-state index is -1.38. The first-order chi connectivity index (χ1) is 9.49. The second-order valence-corrected chi connectivity index (χ2v) is 4.43. The maximum atomic E-state index is 11.8. The van der Waals surface area contributed by atoms with Gasteiger partial charge in [-0.3, -0.25) is 14.3 Å². The molecular weight excluding hydrogens is 268 g/mol. The minimum Gasteiger partial charge on any atom is -0.394 e. The molecule has 4 atom stereocenters. The molecule has 1 aliphatic heterocycles. The van der Waals surface area contributed by atoms with E-state index in [9.17, 15) is 19.8 Å². The number of aromatic nitrogens is 2. The second-order valence-electron chi connectivity index (χ2n) is 4.43. The van der Waals surface area contributed by atoms with Crippen molar-refractivity contribution >= 4 is 0 Å². The van der Waals surface area contributed by atoms with E-state index in [1.165, 1.54) is 6.20 Å². The van der Waals surface area contributed by atoms with Crippen LogP contribution in [0.4, 0.5) is 0 Å². The first kappa shape index (κ1) is 14.5. The third-order valence-electron chi connectivity index (χ3n) is 3.15. The molecule has 0 spiro atoms. The van der Waals surface area contributed by atoms with Crippen LogP contribution < -0.4 is 11.2 Å². The molecular formula is C12H14N2O6. The number of hydrogen-bond donors (Lipinski definition) is 4. The van der Waals surface area contributed by atoms with Crippen LogP contribution in [0.1, 0.15) is 11.7 Å². The predicted octanol–water partition coefficient (Wildman–Crippen LogP) is -2.68. The Morgan fingerprint density at radius 2 is 2.10 bits per heavy atom. The first-order valence-electron chi connectivity index (χ1n) is 5.89. The Morgan fingerprint density at radius 3 is 2.65 bits per heavy atom. The van der Waals surface area contributed by atoms with Crippen molar-refractivity contribution in [3.05, 3.63) is 32.6 Å². The number of aliphatic hydroxyl groups is 3. The molecule has 1 saturated heterocycles. The van der Waals surface area contributed by atoms with Crippen LogP contribution in [0.25, 0.3) is 0 Å². The number of terminal acetylenes is 1. The predicted molar refractivity (Wildman–Crippen MR) is 66.9 cm³/mol. The van der Waals surface area contributed by atoms with E-state index < -0.39 is 42.3 Å². The lowest BCUT2D eigenvalue weighted by atomic mass is 10.0. The molecule has 4 unspecified atom stereocenters. The molecule has 20 heavy (non-hydrogen) atoms. The molecule has 1 aromatic rings. The zero-order chi connectivity index (χ0) is 14.9. The summed E-state index contributed by atoms with van der Waals surface area (Å²) in [6.45, 7) is -0.561. The molecule has 0 saturated carbocycles. The fourth-order valence-corrected chi connectivity index (χ4v) is 2.10. The summed E-state index contributed by atoms with van der Waals surface area (Å²) in [5.74, 6) is 2.25. The molecule has 4 N–H and O–H groups in total. The largest absolute Gasteiger partial charge is 0.394 e. The average molecular weight is 282 g/mol. The fraction of sp³-hybridized carbons (Fsp3) is 0.500. The fourth-order valence-electron chi connectivity index (χ4n) is 2.10. The van der Waals surface area contributed by atoms with Gasteiger partial charge in [-0.15, -0.1) is 6.42 Å². The molecule has 0 aromatic carbocycles. The van der Waals surface area contributed by atoms with Gasteiger partial charge < -0.3 is 20.1 Å². The van der Waals surface area contributed by atoms with E-state index in [0.29, 0.717) is 0 Å². The number of H-pyrrole nitrogens is 1. The van der Waals surface area contributed by atoms with Crippen LogP contribution in [0.5, 0.6) is 0 Å². The molecule has 0 bridgehead atoms. The van der Waals surface area contributed by atoms with Gasteiger partial charge in [-0.1, -0.05) is 5.92 Å². The molecule has 0 radical (unpaired) electrons. The summed E-state index contributed by atoms with van der Waals surface area (Å²) in [6.07, 6.45) is 1.44. The Kier molecular flexibility index (Phi) is 4.06. The first-order valence-corrected chi connectivity index (χ1v) is 5.89. The van der Waals surface area contributed by atoms with Crippen molar-refractivity contribution < 1.29 is 20.1 Å². The van der Waals surface area contributed by atoms with E-state index in [2.05, 4.69) is 10.9 Å². The summed E-state index contributed by atoms with van der Waals surface area (Å²) in [4.78, 5) is 25.3. The highest BCUT2D eigenvalue weighted by atomic mass is 16.6. The number of rotatable bonds is 3. The van der Waals surface area contributed by atoms with Crippen LogP contribution in [-0.4, -0.2) is 49.8 Å². The molecule has 1 aromatic heterocycles. The molecule has 8 nitrogen and oxygen atoms in total. The second kappa shape index (κ2) is 5.60. The third kappa shape index (κ3) is 2.39. The molecule has 2 rings (SSSR count). The van der Waals surface area contributed by atoms with Gasteiger partial charge in [-0.25, -0.2) is 4.79 Å². The molecule has 0 amide bonds. The maximum absolute atomic E-state index is 11.8. The number of nitrogens with zero attached hydrogens (tertiary/aromatic N) is 1. The molecule has 8 heteroatoms. The normalized spacial score (nSPS) is 29.3. The lowest BCUT2D eigenvalue weighted by Gasteiger charge is -2.14. The SMILES string of the molecule is C#CCn1cc(C2OC(CO)C(O)C2O)c(=O)[nH]c1=O. The highest BCUT2D eigenvalue weighted by Crippen LogP contribution is 2.31. The van der Waals surface area contributed by atoms with Gasteiger partial charge in [-0.05, 0) is 0 Å². The van der Waals surface area contributed by atoms with E-state index in [4.69, 9.17) is 16.3 Å². The summed E-state index contributed by atoms with van der Waals surface area (Å²) in [5.41, 5.74) is -1.45. The average Bonchev–Trinajstić information content (AvgIpc) is 2.70. The van der Waals surface area contributed by atoms with E-state index in [1.54, 1.807) is 0 Å². The molecule has 0 aliphatic carbocycles. The van der Waals surface area contributed by atoms with Crippen molar-refractivity contribution in [1.82, 2.24) is 9.55 Å². The number of nitrogens with one attached hydrogen (secondary N) is 1. The van der Waals surface area contributed by atoms with Crippen LogP contribution in [-0.2, 0) is 11.3 Å². The van der Waals surface area contributed by atoms with E-state index >= 15 is 0 Å². The zero-order valence-electron chi connectivity index (χ0n) is 10.4. The zero-order valence-corrected chi connectivity index (χ0v) is 10.4. The Balaban J connectivity index is 2.43. The van der Waals surface area contributed by atoms with Gasteiger partial charge in [0.15, 0.2) is 0 Å². The van der Waals surface area contributed by atoms with E-state index in [1.807, 2.05) is 0 Å². The van der Waals surface area contributed by atoms with Crippen molar-refractivity contribution in [1.29, 1.82) is 0 Å². The lowest BCUT2D eigenvalue weighted by Crippen LogP contribution is -2.36. The Labute approximate surface area is 113 Å². The molecule has 1 aliphatic rings. The van der Waals surface area contributed by atoms with Crippen molar-refractivity contribution in [2.75, 3.05) is 6.61 Å². The van der Waals surface area contributed by atoms with Gasteiger partial charge in [-0.2, -0.15) is 0 Å². The number of ether oxygens (including phenoxy) is 1. The van der Waals surface area contributed by atoms with Crippen LogP contribution in [0, 0.1) is 12.3 Å². The summed E-state index contributed by atoms with van der Waals surface area (Å²) < 4.78 is 6.31. The Bertz CT molecular complexity index is 643. The summed E-state index contributed by atoms with van der Waals surface area (Å²) in [7, 11) is 0. The topological polar surface area (TPSA) is 125 Å². The maximum Gasteiger partial charge on any atom is 0.329 e. The smallest absolute Gasteiger partial charge is 0.329 e. The minimum absolute atomic E-state index is 0.0395. The van der Waals surface area contributed by atoms with Crippen molar-refractivity contribution in [3.63, 3.8) is 0 Å². The Morgan fingerprint density at radius 1 is 1.40 bits per heavy atom. The summed E-state index contributed by atoms with van der Waals surface area (Å²) in [5, 5.41) is 28.5. The van der Waals surface area contributed by atoms with Crippen LogP contribution >= 0.6 is 0 Å². The van der Waals surface area contributed by atoms with Gasteiger partial charge in [0, 0.05) is 6.20 Å². The number of aromatic amines is 1. The monoisotopic (exact) mass is 282 g/mol. The van der Waals surface area contributed by atoms with Crippen molar-refractivity contribution in [2.24, 2.45) is 0 Å². The van der Waals surface area contributed by atoms with Gasteiger partial charge in [0.1, 0.15) is 24.4 Å². The quantitative estimate of drug-likeness (QED) is 0.448. The summed E-state index contributed by atoms with van der Waals surface area (Å²) in [6, 6.07) is 0. The van der Waals surface area contributed by atoms with Gasteiger partial charge in [0.05, 0.1) is 18.7 Å². The number of hydrogen-bond acceptors (Lipinski definition) is 6. The van der Waals surface area contributed by atoms with Gasteiger partial charge in [0.2, 0.25) is 0 Å². The summed E-state index contributed by atoms with van der Waals surface area (Å²) >= 11 is 0. The van der Waals surface area contributed by atoms with Crippen molar-refractivity contribution in [2.45, 2.75) is 31.0 Å². The standard InChI is InChI=1S/C12H14N2O6/c1-2-3-14-4-6(11(18)13-12(14)19)10-9(17)8(16)7(5-15)20-10/h1,4,7-10,15-17H,3,5H2,(H,13,18,19). The van der Waals surface area contributed by atoms with Crippen LogP contribution in [0.2, 0.25) is 0 Å². The molecule has 108 valence electrons. The molecule has 1 fully saturated rings. The third-order valence-corrected chi connectivity index (χ3v) is 3.15. The van der Waals surface area contributed by atoms with Gasteiger partial charge in [0.25, 0.3) is 5.56 Å². The van der Waals surface area contributed by atoms with Crippen LogP contribution in [0.15, 0.2) is 15.8 Å². The van der Waals surface area contributed by atoms with Crippen LogP contribution in [0.3, 0.4) is 0 Å². The van der Waals surface area contributed by atoms with Crippen molar-refractivity contribution in [3.8, 4) is 12.3 Å². The highest BCUT2D eigenvalue weighted by Gasteiger charge is 2.44. The number of aliphatic hydroxyl groups excluding tert-OH is 3. The molecule has 2 heterocycles. The van der Waals surface area contributed by atoms with Gasteiger partial charge >= 0.3 is 5.69 Å². The van der Waals surface area contributed by atoms with E-state index in [0.717, 1.165) is 4.57 Å². The van der Waals surface area contributed by atoms with E-state index in [-0.39, 0.29) is 12.1 Å². The lowest BCUT2D eigenvalue weighted by molar-refractivity contribution is -0.0233. The highest BCUT2D eigenvalue weighted by molar-refractivity contribution is 5.14.